The standard InChI is InChI=1S/C13H14F3N3O3S/c1-8-11(9(2)22-19-8)5-6-18-23(20,21)10-3-4-12(17-7-10)13(14,15)16/h3-4,7,18H,5-6H2,1-2H3. The predicted octanol–water partition coefficient (Wildman–Crippen LogP) is 2.23. The van der Waals surface area contributed by atoms with Crippen molar-refractivity contribution in [1.82, 2.24) is 14.9 Å². The van der Waals surface area contributed by atoms with Crippen molar-refractivity contribution in [2.45, 2.75) is 31.3 Å². The molecule has 0 saturated heterocycles. The monoisotopic (exact) mass is 349 g/mol. The second-order valence-corrected chi connectivity index (χ2v) is 6.59. The zero-order valence-corrected chi connectivity index (χ0v) is 13.1. The van der Waals surface area contributed by atoms with Crippen LogP contribution in [0.2, 0.25) is 0 Å². The number of alkyl halides is 3. The number of pyridine rings is 1. The van der Waals surface area contributed by atoms with Gasteiger partial charge < -0.3 is 4.52 Å². The number of hydrogen-bond acceptors (Lipinski definition) is 5. The van der Waals surface area contributed by atoms with E-state index in [0.717, 1.165) is 11.6 Å². The highest BCUT2D eigenvalue weighted by atomic mass is 32.2. The maximum Gasteiger partial charge on any atom is 0.433 e. The molecule has 1 N–H and O–H groups in total. The number of aryl methyl sites for hydroxylation is 2. The van der Waals surface area contributed by atoms with E-state index in [1.54, 1.807) is 13.8 Å². The van der Waals surface area contributed by atoms with Gasteiger partial charge in [0.05, 0.1) is 5.69 Å². The Balaban J connectivity index is 2.04. The molecule has 0 aromatic carbocycles. The Bertz CT molecular complexity index is 764. The summed E-state index contributed by atoms with van der Waals surface area (Å²) in [5.74, 6) is 0.595. The highest BCUT2D eigenvalue weighted by Gasteiger charge is 2.32. The third-order valence-corrected chi connectivity index (χ3v) is 4.63. The van der Waals surface area contributed by atoms with E-state index in [2.05, 4.69) is 14.9 Å². The van der Waals surface area contributed by atoms with Crippen LogP contribution in [0.3, 0.4) is 0 Å². The molecule has 0 spiro atoms. The van der Waals surface area contributed by atoms with Crippen LogP contribution in [0, 0.1) is 13.8 Å². The van der Waals surface area contributed by atoms with Gasteiger partial charge in [0.1, 0.15) is 16.3 Å². The summed E-state index contributed by atoms with van der Waals surface area (Å²) < 4.78 is 68.5. The summed E-state index contributed by atoms with van der Waals surface area (Å²) in [5.41, 5.74) is 0.309. The van der Waals surface area contributed by atoms with Gasteiger partial charge in [-0.25, -0.2) is 13.1 Å². The summed E-state index contributed by atoms with van der Waals surface area (Å²) in [6.45, 7) is 3.51. The molecule has 0 aliphatic carbocycles. The van der Waals surface area contributed by atoms with E-state index in [4.69, 9.17) is 4.52 Å². The fraction of sp³-hybridized carbons (Fsp3) is 0.385. The number of hydrogen-bond donors (Lipinski definition) is 1. The number of sulfonamides is 1. The molecule has 10 heteroatoms. The minimum absolute atomic E-state index is 0.0618. The van der Waals surface area contributed by atoms with Gasteiger partial charge in [-0.3, -0.25) is 4.98 Å². The first kappa shape index (κ1) is 17.4. The van der Waals surface area contributed by atoms with Gasteiger partial charge in [0.15, 0.2) is 0 Å². The van der Waals surface area contributed by atoms with E-state index in [1.165, 1.54) is 0 Å². The summed E-state index contributed by atoms with van der Waals surface area (Å²) in [6.07, 6.45) is -3.57. The van der Waals surface area contributed by atoms with Gasteiger partial charge in [-0.05, 0) is 32.4 Å². The van der Waals surface area contributed by atoms with Gasteiger partial charge in [0.2, 0.25) is 10.0 Å². The number of nitrogens with one attached hydrogen (secondary N) is 1. The highest BCUT2D eigenvalue weighted by molar-refractivity contribution is 7.89. The fourth-order valence-electron chi connectivity index (χ4n) is 1.96. The fourth-order valence-corrected chi connectivity index (χ4v) is 2.94. The van der Waals surface area contributed by atoms with Crippen LogP contribution in [0.15, 0.2) is 27.7 Å². The average molecular weight is 349 g/mol. The first-order valence-electron chi connectivity index (χ1n) is 6.56. The summed E-state index contributed by atoms with van der Waals surface area (Å²) in [4.78, 5) is 2.80. The van der Waals surface area contributed by atoms with Gasteiger partial charge in [-0.15, -0.1) is 0 Å². The van der Waals surface area contributed by atoms with E-state index in [9.17, 15) is 21.6 Å². The number of nitrogens with zero attached hydrogens (tertiary/aromatic N) is 2. The maximum absolute atomic E-state index is 12.4. The maximum atomic E-state index is 12.4. The molecule has 0 amide bonds. The lowest BCUT2D eigenvalue weighted by atomic mass is 10.1. The summed E-state index contributed by atoms with van der Waals surface area (Å²) >= 11 is 0. The van der Waals surface area contributed by atoms with E-state index < -0.39 is 21.9 Å². The second kappa shape index (κ2) is 6.28. The van der Waals surface area contributed by atoms with Gasteiger partial charge in [-0.1, -0.05) is 5.16 Å². The van der Waals surface area contributed by atoms with E-state index >= 15 is 0 Å². The minimum Gasteiger partial charge on any atom is -0.361 e. The molecule has 2 aromatic heterocycles. The van der Waals surface area contributed by atoms with Gasteiger partial charge in [-0.2, -0.15) is 13.2 Å². The molecule has 0 fully saturated rings. The Morgan fingerprint density at radius 3 is 2.43 bits per heavy atom. The molecular weight excluding hydrogens is 335 g/mol. The van der Waals surface area contributed by atoms with Crippen molar-refractivity contribution >= 4 is 10.0 Å². The Kier molecular flexibility index (Phi) is 4.76. The lowest BCUT2D eigenvalue weighted by Crippen LogP contribution is -2.26. The molecular formula is C13H14F3N3O3S. The first-order chi connectivity index (χ1) is 10.6. The van der Waals surface area contributed by atoms with Crippen LogP contribution in [0.1, 0.15) is 22.7 Å². The molecule has 0 aliphatic heterocycles. The van der Waals surface area contributed by atoms with Crippen molar-refractivity contribution in [3.63, 3.8) is 0 Å². The molecule has 0 aliphatic rings. The molecule has 126 valence electrons. The summed E-state index contributed by atoms with van der Waals surface area (Å²) in [5, 5.41) is 3.75. The van der Waals surface area contributed by atoms with Crippen LogP contribution in [0.4, 0.5) is 13.2 Å². The molecule has 2 aromatic rings. The van der Waals surface area contributed by atoms with Crippen LogP contribution in [0.5, 0.6) is 0 Å². The topological polar surface area (TPSA) is 85.1 Å². The molecule has 2 heterocycles. The van der Waals surface area contributed by atoms with E-state index in [1.807, 2.05) is 0 Å². The Morgan fingerprint density at radius 2 is 1.96 bits per heavy atom. The summed E-state index contributed by atoms with van der Waals surface area (Å²) in [7, 11) is -3.93. The largest absolute Gasteiger partial charge is 0.433 e. The minimum atomic E-state index is -4.61. The van der Waals surface area contributed by atoms with Crippen molar-refractivity contribution in [3.05, 3.63) is 41.0 Å². The normalized spacial score (nSPS) is 12.6. The van der Waals surface area contributed by atoms with E-state index in [0.29, 0.717) is 30.1 Å². The molecule has 0 radical (unpaired) electrons. The number of rotatable bonds is 5. The molecule has 0 atom stereocenters. The quantitative estimate of drug-likeness (QED) is 0.895. The van der Waals surface area contributed by atoms with Crippen LogP contribution < -0.4 is 4.72 Å². The Morgan fingerprint density at radius 1 is 1.26 bits per heavy atom. The predicted molar refractivity (Wildman–Crippen MR) is 74.1 cm³/mol. The second-order valence-electron chi connectivity index (χ2n) is 4.83. The molecule has 0 bridgehead atoms. The zero-order chi connectivity index (χ0) is 17.3. The SMILES string of the molecule is Cc1noc(C)c1CCNS(=O)(=O)c1ccc(C(F)(F)F)nc1. The lowest BCUT2D eigenvalue weighted by molar-refractivity contribution is -0.141. The van der Waals surface area contributed by atoms with E-state index in [-0.39, 0.29) is 11.4 Å². The number of halogens is 3. The number of aromatic nitrogens is 2. The van der Waals surface area contributed by atoms with Gasteiger partial charge in [0, 0.05) is 18.3 Å². The average Bonchev–Trinajstić information content (AvgIpc) is 2.78. The van der Waals surface area contributed by atoms with Gasteiger partial charge in [0.25, 0.3) is 0 Å². The molecule has 0 unspecified atom stereocenters. The van der Waals surface area contributed by atoms with Crippen LogP contribution in [-0.4, -0.2) is 25.1 Å². The summed E-state index contributed by atoms with van der Waals surface area (Å²) in [6, 6.07) is 1.50. The van der Waals surface area contributed by atoms with Crippen molar-refractivity contribution in [2.24, 2.45) is 0 Å². The Labute approximate surface area is 130 Å². The van der Waals surface area contributed by atoms with Crippen molar-refractivity contribution < 1.29 is 26.1 Å². The lowest BCUT2D eigenvalue weighted by Gasteiger charge is -2.08. The smallest absolute Gasteiger partial charge is 0.361 e. The molecule has 6 nitrogen and oxygen atoms in total. The first-order valence-corrected chi connectivity index (χ1v) is 8.04. The Hall–Kier alpha value is -1.94. The van der Waals surface area contributed by atoms with Crippen molar-refractivity contribution in [1.29, 1.82) is 0 Å². The molecule has 2 rings (SSSR count). The van der Waals surface area contributed by atoms with Crippen LogP contribution in [-0.2, 0) is 22.6 Å². The third kappa shape index (κ3) is 4.08. The van der Waals surface area contributed by atoms with Gasteiger partial charge >= 0.3 is 6.18 Å². The van der Waals surface area contributed by atoms with Crippen LogP contribution >= 0.6 is 0 Å². The van der Waals surface area contributed by atoms with Crippen molar-refractivity contribution in [2.75, 3.05) is 6.54 Å². The molecule has 0 saturated carbocycles. The highest BCUT2D eigenvalue weighted by Crippen LogP contribution is 2.27. The van der Waals surface area contributed by atoms with Crippen molar-refractivity contribution in [3.8, 4) is 0 Å². The third-order valence-electron chi connectivity index (χ3n) is 3.19. The van der Waals surface area contributed by atoms with Crippen LogP contribution in [0.25, 0.3) is 0 Å². The zero-order valence-electron chi connectivity index (χ0n) is 12.3. The molecule has 23 heavy (non-hydrogen) atoms.